The number of carbonyl (C=O) groups excluding carboxylic acids is 1. The van der Waals surface area contributed by atoms with Crippen molar-refractivity contribution in [2.24, 2.45) is 0 Å². The number of ether oxygens (including phenoxy) is 1. The second-order valence-corrected chi connectivity index (χ2v) is 5.12. The molecule has 0 spiro atoms. The van der Waals surface area contributed by atoms with Crippen LogP contribution in [0.15, 0.2) is 48.4 Å². The van der Waals surface area contributed by atoms with Gasteiger partial charge in [0, 0.05) is 12.3 Å². The molecule has 1 heterocycles. The Morgan fingerprint density at radius 3 is 2.50 bits per heavy atom. The molecule has 2 rings (SSSR count). The SMILES string of the molecule is COC(=O)c1cccc(CCc2ccc(/C=C(\O)C(=O)O)nc2)c1. The molecular weight excluding hydrogens is 310 g/mol. The lowest BCUT2D eigenvalue weighted by Gasteiger charge is -2.05. The fourth-order valence-corrected chi connectivity index (χ4v) is 2.13. The number of nitrogens with zero attached hydrogens (tertiary/aromatic N) is 1. The molecule has 6 nitrogen and oxygen atoms in total. The van der Waals surface area contributed by atoms with Crippen molar-refractivity contribution in [3.63, 3.8) is 0 Å². The minimum atomic E-state index is -1.40. The average Bonchev–Trinajstić information content (AvgIpc) is 2.60. The fraction of sp³-hybridized carbons (Fsp3) is 0.167. The van der Waals surface area contributed by atoms with Gasteiger partial charge in [0.2, 0.25) is 5.76 Å². The third-order valence-electron chi connectivity index (χ3n) is 3.40. The lowest BCUT2D eigenvalue weighted by Crippen LogP contribution is -2.02. The van der Waals surface area contributed by atoms with Crippen LogP contribution in [0.4, 0.5) is 0 Å². The molecule has 0 radical (unpaired) electrons. The number of rotatable bonds is 6. The highest BCUT2D eigenvalue weighted by Gasteiger charge is 2.06. The number of methoxy groups -OCH3 is 1. The van der Waals surface area contributed by atoms with Crippen LogP contribution in [0.1, 0.15) is 27.2 Å². The molecule has 0 atom stereocenters. The molecule has 0 fully saturated rings. The number of carboxylic acid groups (broad SMARTS) is 1. The Bertz CT molecular complexity index is 765. The van der Waals surface area contributed by atoms with E-state index in [1.54, 1.807) is 24.4 Å². The third kappa shape index (κ3) is 4.67. The largest absolute Gasteiger partial charge is 0.502 e. The monoisotopic (exact) mass is 327 g/mol. The Hall–Kier alpha value is -3.15. The maximum atomic E-state index is 11.5. The molecular formula is C18H17NO5. The molecule has 0 saturated heterocycles. The van der Waals surface area contributed by atoms with Crippen LogP contribution >= 0.6 is 0 Å². The topological polar surface area (TPSA) is 96.7 Å². The highest BCUT2D eigenvalue weighted by molar-refractivity contribution is 5.89. The first-order chi connectivity index (χ1) is 11.5. The summed E-state index contributed by atoms with van der Waals surface area (Å²) in [5, 5.41) is 17.8. The number of aliphatic carboxylic acids is 1. The lowest BCUT2D eigenvalue weighted by atomic mass is 10.0. The Kier molecular flexibility index (Phi) is 5.68. The quantitative estimate of drug-likeness (QED) is 0.481. The minimum Gasteiger partial charge on any atom is -0.502 e. The molecule has 0 unspecified atom stereocenters. The van der Waals surface area contributed by atoms with E-state index in [-0.39, 0.29) is 5.97 Å². The first-order valence-electron chi connectivity index (χ1n) is 7.25. The van der Waals surface area contributed by atoms with E-state index in [4.69, 9.17) is 9.84 Å². The standard InChI is InChI=1S/C18H17NO5/c1-24-18(23)14-4-2-3-12(9-14)5-6-13-7-8-15(19-11-13)10-16(20)17(21)22/h2-4,7-11,20H,5-6H2,1H3,(H,21,22)/b16-10-. The summed E-state index contributed by atoms with van der Waals surface area (Å²) < 4.78 is 4.70. The molecule has 0 saturated carbocycles. The van der Waals surface area contributed by atoms with Gasteiger partial charge in [0.1, 0.15) is 0 Å². The van der Waals surface area contributed by atoms with Gasteiger partial charge in [0.25, 0.3) is 0 Å². The zero-order chi connectivity index (χ0) is 17.5. The van der Waals surface area contributed by atoms with Crippen LogP contribution in [-0.4, -0.2) is 34.2 Å². The van der Waals surface area contributed by atoms with Crippen LogP contribution in [0.25, 0.3) is 6.08 Å². The van der Waals surface area contributed by atoms with Crippen molar-refractivity contribution in [3.8, 4) is 0 Å². The van der Waals surface area contributed by atoms with Crippen LogP contribution in [0.3, 0.4) is 0 Å². The van der Waals surface area contributed by atoms with E-state index in [0.29, 0.717) is 17.7 Å². The van der Waals surface area contributed by atoms with Gasteiger partial charge in [-0.2, -0.15) is 0 Å². The van der Waals surface area contributed by atoms with Gasteiger partial charge >= 0.3 is 11.9 Å². The molecule has 6 heteroatoms. The Morgan fingerprint density at radius 2 is 1.88 bits per heavy atom. The number of carboxylic acids is 1. The van der Waals surface area contributed by atoms with Crippen molar-refractivity contribution in [2.45, 2.75) is 12.8 Å². The Labute approximate surface area is 139 Å². The van der Waals surface area contributed by atoms with E-state index >= 15 is 0 Å². The maximum Gasteiger partial charge on any atom is 0.371 e. The van der Waals surface area contributed by atoms with E-state index < -0.39 is 11.7 Å². The zero-order valence-electron chi connectivity index (χ0n) is 13.1. The molecule has 2 N–H and O–H groups in total. The van der Waals surface area contributed by atoms with Gasteiger partial charge in [-0.1, -0.05) is 18.2 Å². The van der Waals surface area contributed by atoms with Crippen LogP contribution < -0.4 is 0 Å². The average molecular weight is 327 g/mol. The zero-order valence-corrected chi connectivity index (χ0v) is 13.1. The van der Waals surface area contributed by atoms with Crippen LogP contribution in [-0.2, 0) is 22.4 Å². The smallest absolute Gasteiger partial charge is 0.371 e. The van der Waals surface area contributed by atoms with Crippen LogP contribution in [0, 0.1) is 0 Å². The molecule has 24 heavy (non-hydrogen) atoms. The number of pyridine rings is 1. The van der Waals surface area contributed by atoms with Crippen molar-refractivity contribution in [1.82, 2.24) is 4.98 Å². The van der Waals surface area contributed by atoms with E-state index in [0.717, 1.165) is 23.6 Å². The van der Waals surface area contributed by atoms with Crippen LogP contribution in [0.2, 0.25) is 0 Å². The number of aryl methyl sites for hydroxylation is 2. The van der Waals surface area contributed by atoms with Gasteiger partial charge in [0.15, 0.2) is 0 Å². The molecule has 0 bridgehead atoms. The number of aliphatic hydroxyl groups excluding tert-OH is 1. The maximum absolute atomic E-state index is 11.5. The van der Waals surface area contributed by atoms with Gasteiger partial charge in [-0.25, -0.2) is 9.59 Å². The molecule has 124 valence electrons. The molecule has 1 aromatic carbocycles. The summed E-state index contributed by atoms with van der Waals surface area (Å²) >= 11 is 0. The molecule has 1 aromatic heterocycles. The van der Waals surface area contributed by atoms with Crippen molar-refractivity contribution >= 4 is 18.0 Å². The Morgan fingerprint density at radius 1 is 1.12 bits per heavy atom. The summed E-state index contributed by atoms with van der Waals surface area (Å²) in [5.41, 5.74) is 2.85. The van der Waals surface area contributed by atoms with E-state index in [1.165, 1.54) is 7.11 Å². The van der Waals surface area contributed by atoms with Crippen LogP contribution in [0.5, 0.6) is 0 Å². The van der Waals surface area contributed by atoms with Crippen molar-refractivity contribution < 1.29 is 24.5 Å². The summed E-state index contributed by atoms with van der Waals surface area (Å²) in [6.45, 7) is 0. The second-order valence-electron chi connectivity index (χ2n) is 5.12. The predicted octanol–water partition coefficient (Wildman–Crippen LogP) is 2.64. The van der Waals surface area contributed by atoms with Gasteiger partial charge < -0.3 is 14.9 Å². The lowest BCUT2D eigenvalue weighted by molar-refractivity contribution is -0.135. The number of aliphatic hydroxyl groups is 1. The number of benzene rings is 1. The number of hydrogen-bond acceptors (Lipinski definition) is 5. The van der Waals surface area contributed by atoms with E-state index in [1.807, 2.05) is 18.2 Å². The summed E-state index contributed by atoms with van der Waals surface area (Å²) in [7, 11) is 1.35. The van der Waals surface area contributed by atoms with E-state index in [9.17, 15) is 14.7 Å². The minimum absolute atomic E-state index is 0.367. The number of carbonyl (C=O) groups is 2. The third-order valence-corrected chi connectivity index (χ3v) is 3.40. The highest BCUT2D eigenvalue weighted by atomic mass is 16.5. The summed E-state index contributed by atoms with van der Waals surface area (Å²) in [4.78, 5) is 26.2. The van der Waals surface area contributed by atoms with Gasteiger partial charge in [0.05, 0.1) is 18.4 Å². The number of hydrogen-bond donors (Lipinski definition) is 2. The van der Waals surface area contributed by atoms with Crippen molar-refractivity contribution in [3.05, 3.63) is 70.7 Å². The number of aromatic nitrogens is 1. The first-order valence-corrected chi connectivity index (χ1v) is 7.25. The van der Waals surface area contributed by atoms with Gasteiger partial charge in [-0.15, -0.1) is 0 Å². The first kappa shape index (κ1) is 17.2. The van der Waals surface area contributed by atoms with Gasteiger partial charge in [-0.05, 0) is 42.2 Å². The Balaban J connectivity index is 2.01. The van der Waals surface area contributed by atoms with Crippen molar-refractivity contribution in [1.29, 1.82) is 0 Å². The predicted molar refractivity (Wildman–Crippen MR) is 87.7 cm³/mol. The molecule has 0 amide bonds. The van der Waals surface area contributed by atoms with E-state index in [2.05, 4.69) is 4.98 Å². The van der Waals surface area contributed by atoms with Crippen molar-refractivity contribution in [2.75, 3.05) is 7.11 Å². The summed E-state index contributed by atoms with van der Waals surface area (Å²) in [5.74, 6) is -2.52. The summed E-state index contributed by atoms with van der Waals surface area (Å²) in [6, 6.07) is 10.7. The highest BCUT2D eigenvalue weighted by Crippen LogP contribution is 2.11. The molecule has 2 aromatic rings. The summed E-state index contributed by atoms with van der Waals surface area (Å²) in [6.07, 6.45) is 4.16. The molecule has 0 aliphatic carbocycles. The number of esters is 1. The normalized spacial score (nSPS) is 11.1. The van der Waals surface area contributed by atoms with Gasteiger partial charge in [-0.3, -0.25) is 4.98 Å². The molecule has 0 aliphatic heterocycles. The second kappa shape index (κ2) is 7.92. The molecule has 0 aliphatic rings. The fourth-order valence-electron chi connectivity index (χ4n) is 2.13.